The summed E-state index contributed by atoms with van der Waals surface area (Å²) in [5.41, 5.74) is 3.18. The number of hydrogen-bond acceptors (Lipinski definition) is 6. The third kappa shape index (κ3) is 4.15. The number of rotatable bonds is 4. The van der Waals surface area contributed by atoms with Gasteiger partial charge in [-0.3, -0.25) is 10.1 Å². The van der Waals surface area contributed by atoms with Gasteiger partial charge in [-0.2, -0.15) is 0 Å². The van der Waals surface area contributed by atoms with Crippen LogP contribution in [0.3, 0.4) is 0 Å². The van der Waals surface area contributed by atoms with Crippen LogP contribution in [0.15, 0.2) is 41.7 Å². The Morgan fingerprint density at radius 2 is 2.08 bits per heavy atom. The molecule has 3 amide bonds. The zero-order valence-corrected chi connectivity index (χ0v) is 15.3. The molecule has 0 spiro atoms. The molecule has 2 heterocycles. The maximum atomic E-state index is 11.8. The summed E-state index contributed by atoms with van der Waals surface area (Å²) in [7, 11) is 1.46. The number of amides is 3. The monoisotopic (exact) mass is 372 g/mol. The Morgan fingerprint density at radius 3 is 2.84 bits per heavy atom. The van der Waals surface area contributed by atoms with Gasteiger partial charge in [0.1, 0.15) is 11.4 Å². The zero-order chi connectivity index (χ0) is 17.8. The van der Waals surface area contributed by atoms with Gasteiger partial charge in [0, 0.05) is 11.9 Å². The summed E-state index contributed by atoms with van der Waals surface area (Å²) in [5, 5.41) is 5.32. The molecule has 0 fully saturated rings. The van der Waals surface area contributed by atoms with Crippen molar-refractivity contribution in [3.8, 4) is 10.4 Å². The third-order valence-corrected chi connectivity index (χ3v) is 5.70. The van der Waals surface area contributed by atoms with Crippen molar-refractivity contribution in [2.75, 3.05) is 12.8 Å². The van der Waals surface area contributed by atoms with Gasteiger partial charge in [0.15, 0.2) is 0 Å². The number of imide groups is 1. The molecule has 0 unspecified atom stereocenters. The van der Waals surface area contributed by atoms with Crippen LogP contribution < -0.4 is 10.6 Å². The molecule has 25 heavy (non-hydrogen) atoms. The fourth-order valence-corrected chi connectivity index (χ4v) is 4.23. The summed E-state index contributed by atoms with van der Waals surface area (Å²) < 4.78 is 0.941. The van der Waals surface area contributed by atoms with E-state index in [0.29, 0.717) is 0 Å². The smallest absolute Gasteiger partial charge is 0.321 e. The standard InChI is InChI=1S/C17H16N4O2S2/c1-10-4-3-5-11(6-10)13-7-12-15(25-13)16(20-9-19-12)24-8-14(22)21-17(23)18-2/h3-7,9H,8H2,1-2H3,(H2,18,21,22,23). The Morgan fingerprint density at radius 1 is 1.24 bits per heavy atom. The molecule has 6 nitrogen and oxygen atoms in total. The van der Waals surface area contributed by atoms with Gasteiger partial charge in [-0.1, -0.05) is 41.6 Å². The number of urea groups is 1. The largest absolute Gasteiger partial charge is 0.341 e. The topological polar surface area (TPSA) is 84.0 Å². The molecule has 0 saturated heterocycles. The second-order valence-electron chi connectivity index (χ2n) is 5.29. The molecule has 3 aromatic rings. The first-order valence-electron chi connectivity index (χ1n) is 7.53. The Balaban J connectivity index is 1.82. The highest BCUT2D eigenvalue weighted by atomic mass is 32.2. The van der Waals surface area contributed by atoms with Crippen LogP contribution in [0.5, 0.6) is 0 Å². The fourth-order valence-electron chi connectivity index (χ4n) is 2.24. The minimum atomic E-state index is -0.517. The Bertz CT molecular complexity index is 939. The highest BCUT2D eigenvalue weighted by Gasteiger charge is 2.13. The summed E-state index contributed by atoms with van der Waals surface area (Å²) in [5.74, 6) is -0.261. The molecule has 0 saturated carbocycles. The quantitative estimate of drug-likeness (QED) is 0.543. The van der Waals surface area contributed by atoms with E-state index in [1.165, 1.54) is 30.7 Å². The molecule has 0 aliphatic heterocycles. The lowest BCUT2D eigenvalue weighted by Gasteiger charge is -2.03. The van der Waals surface area contributed by atoms with Gasteiger partial charge < -0.3 is 5.32 Å². The SMILES string of the molecule is CNC(=O)NC(=O)CSc1ncnc2cc(-c3cccc(C)c3)sc12. The van der Waals surface area contributed by atoms with E-state index in [2.05, 4.69) is 45.7 Å². The summed E-state index contributed by atoms with van der Waals surface area (Å²) in [6.07, 6.45) is 1.49. The number of carbonyl (C=O) groups excluding carboxylic acids is 2. The van der Waals surface area contributed by atoms with Crippen molar-refractivity contribution in [2.24, 2.45) is 0 Å². The van der Waals surface area contributed by atoms with Crippen LogP contribution in [-0.2, 0) is 4.79 Å². The van der Waals surface area contributed by atoms with E-state index in [9.17, 15) is 9.59 Å². The van der Waals surface area contributed by atoms with E-state index in [4.69, 9.17) is 0 Å². The van der Waals surface area contributed by atoms with Crippen LogP contribution in [0, 0.1) is 6.92 Å². The summed E-state index contributed by atoms with van der Waals surface area (Å²) in [6, 6.07) is 9.79. The highest BCUT2D eigenvalue weighted by Crippen LogP contribution is 2.36. The number of aryl methyl sites for hydroxylation is 1. The van der Waals surface area contributed by atoms with Crippen LogP contribution in [0.1, 0.15) is 5.56 Å². The fraction of sp³-hybridized carbons (Fsp3) is 0.176. The third-order valence-electron chi connectivity index (χ3n) is 3.40. The number of aromatic nitrogens is 2. The van der Waals surface area contributed by atoms with Crippen LogP contribution in [0.25, 0.3) is 20.7 Å². The molecule has 0 aliphatic rings. The molecular formula is C17H16N4O2S2. The maximum absolute atomic E-state index is 11.8. The minimum absolute atomic E-state index is 0.108. The van der Waals surface area contributed by atoms with Crippen LogP contribution in [0.2, 0.25) is 0 Å². The first-order chi connectivity index (χ1) is 12.1. The van der Waals surface area contributed by atoms with Crippen molar-refractivity contribution < 1.29 is 9.59 Å². The second kappa shape index (κ2) is 7.62. The predicted octanol–water partition coefficient (Wildman–Crippen LogP) is 3.21. The summed E-state index contributed by atoms with van der Waals surface area (Å²) in [4.78, 5) is 32.6. The molecule has 2 aromatic heterocycles. The Labute approximate surface area is 153 Å². The predicted molar refractivity (Wildman–Crippen MR) is 101 cm³/mol. The molecule has 0 aliphatic carbocycles. The van der Waals surface area contributed by atoms with Gasteiger partial charge in [0.2, 0.25) is 5.91 Å². The van der Waals surface area contributed by atoms with E-state index in [1.807, 2.05) is 12.1 Å². The molecular weight excluding hydrogens is 356 g/mol. The molecule has 2 N–H and O–H groups in total. The van der Waals surface area contributed by atoms with E-state index in [1.54, 1.807) is 11.3 Å². The number of carbonyl (C=O) groups is 2. The highest BCUT2D eigenvalue weighted by molar-refractivity contribution is 8.00. The number of benzene rings is 1. The van der Waals surface area contributed by atoms with E-state index in [0.717, 1.165) is 25.7 Å². The number of fused-ring (bicyclic) bond motifs is 1. The molecule has 128 valence electrons. The molecule has 1 aromatic carbocycles. The lowest BCUT2D eigenvalue weighted by molar-refractivity contribution is -0.117. The van der Waals surface area contributed by atoms with E-state index in [-0.39, 0.29) is 11.7 Å². The summed E-state index contributed by atoms with van der Waals surface area (Å²) in [6.45, 7) is 2.06. The van der Waals surface area contributed by atoms with Crippen molar-refractivity contribution in [3.63, 3.8) is 0 Å². The van der Waals surface area contributed by atoms with Crippen molar-refractivity contribution in [3.05, 3.63) is 42.2 Å². The maximum Gasteiger partial charge on any atom is 0.321 e. The molecule has 3 rings (SSSR count). The lowest BCUT2D eigenvalue weighted by atomic mass is 10.1. The Hall–Kier alpha value is -2.45. The lowest BCUT2D eigenvalue weighted by Crippen LogP contribution is -2.38. The van der Waals surface area contributed by atoms with Gasteiger partial charge in [0.25, 0.3) is 0 Å². The summed E-state index contributed by atoms with van der Waals surface area (Å²) >= 11 is 2.89. The van der Waals surface area contributed by atoms with Gasteiger partial charge in [-0.05, 0) is 18.6 Å². The van der Waals surface area contributed by atoms with Crippen molar-refractivity contribution in [1.29, 1.82) is 0 Å². The molecule has 0 radical (unpaired) electrons. The number of nitrogens with one attached hydrogen (secondary N) is 2. The van der Waals surface area contributed by atoms with Crippen LogP contribution in [-0.4, -0.2) is 34.7 Å². The molecule has 0 atom stereocenters. The number of thioether (sulfide) groups is 1. The van der Waals surface area contributed by atoms with Crippen LogP contribution >= 0.6 is 23.1 Å². The van der Waals surface area contributed by atoms with Gasteiger partial charge in [-0.25, -0.2) is 14.8 Å². The number of thiophene rings is 1. The average Bonchev–Trinajstić information content (AvgIpc) is 3.04. The van der Waals surface area contributed by atoms with Crippen molar-refractivity contribution in [1.82, 2.24) is 20.6 Å². The number of hydrogen-bond donors (Lipinski definition) is 2. The first-order valence-corrected chi connectivity index (χ1v) is 9.33. The van der Waals surface area contributed by atoms with Crippen molar-refractivity contribution in [2.45, 2.75) is 11.9 Å². The Kier molecular flexibility index (Phi) is 5.30. The van der Waals surface area contributed by atoms with Crippen molar-refractivity contribution >= 4 is 45.3 Å². The zero-order valence-electron chi connectivity index (χ0n) is 13.7. The van der Waals surface area contributed by atoms with E-state index >= 15 is 0 Å². The first kappa shape index (κ1) is 17.4. The normalized spacial score (nSPS) is 10.6. The molecule has 0 bridgehead atoms. The van der Waals surface area contributed by atoms with Gasteiger partial charge in [0.05, 0.1) is 16.0 Å². The van der Waals surface area contributed by atoms with Gasteiger partial charge >= 0.3 is 6.03 Å². The minimum Gasteiger partial charge on any atom is -0.341 e. The molecule has 8 heteroatoms. The van der Waals surface area contributed by atoms with Crippen LogP contribution in [0.4, 0.5) is 4.79 Å². The van der Waals surface area contributed by atoms with E-state index < -0.39 is 6.03 Å². The average molecular weight is 372 g/mol. The number of nitrogens with zero attached hydrogens (tertiary/aromatic N) is 2. The van der Waals surface area contributed by atoms with Gasteiger partial charge in [-0.15, -0.1) is 11.3 Å². The second-order valence-corrected chi connectivity index (χ2v) is 7.31.